The van der Waals surface area contributed by atoms with Crippen LogP contribution in [0.2, 0.25) is 0 Å². The predicted octanol–water partition coefficient (Wildman–Crippen LogP) is 15.4. The van der Waals surface area contributed by atoms with Crippen molar-refractivity contribution in [2.75, 3.05) is 0 Å². The number of aromatic nitrogens is 1. The molecule has 1 aliphatic rings. The lowest BCUT2D eigenvalue weighted by molar-refractivity contribution is 0.827. The maximum atomic E-state index is 2.42. The van der Waals surface area contributed by atoms with Gasteiger partial charge in [0.15, 0.2) is 0 Å². The molecular formula is C54H47N. The second-order valence-electron chi connectivity index (χ2n) is 15.0. The van der Waals surface area contributed by atoms with Crippen molar-refractivity contribution in [2.45, 2.75) is 53.5 Å². The number of nitrogens with zero attached hydrogens (tertiary/aromatic N) is 1. The Kier molecular flexibility index (Phi) is 9.16. The molecule has 0 saturated heterocycles. The summed E-state index contributed by atoms with van der Waals surface area (Å²) in [6.45, 7) is 9.92. The molecule has 55 heavy (non-hydrogen) atoms. The molecule has 0 saturated carbocycles. The molecule has 0 radical (unpaired) electrons. The maximum Gasteiger partial charge on any atom is 0.0491 e. The first kappa shape index (κ1) is 34.6. The van der Waals surface area contributed by atoms with E-state index in [1.165, 1.54) is 105 Å². The first-order valence-electron chi connectivity index (χ1n) is 20.0. The zero-order valence-electron chi connectivity index (χ0n) is 32.4. The molecule has 268 valence electrons. The van der Waals surface area contributed by atoms with Gasteiger partial charge in [-0.1, -0.05) is 158 Å². The average molecular weight is 710 g/mol. The number of hydrogen-bond donors (Lipinski definition) is 0. The van der Waals surface area contributed by atoms with Gasteiger partial charge in [0, 0.05) is 28.4 Å². The van der Waals surface area contributed by atoms with Crippen LogP contribution in [0.4, 0.5) is 0 Å². The molecular weight excluding hydrogens is 663 g/mol. The molecule has 0 aliphatic heterocycles. The number of fused-ring (bicyclic) bond motifs is 4. The van der Waals surface area contributed by atoms with Gasteiger partial charge in [0.25, 0.3) is 0 Å². The van der Waals surface area contributed by atoms with Gasteiger partial charge < -0.3 is 4.57 Å². The van der Waals surface area contributed by atoms with Gasteiger partial charge in [-0.15, -0.1) is 0 Å². The minimum absolute atomic E-state index is 0.954. The first-order chi connectivity index (χ1) is 27.0. The van der Waals surface area contributed by atoms with Gasteiger partial charge in [-0.05, 0) is 136 Å². The fraction of sp³-hybridized carbons (Fsp3) is 0.148. The summed E-state index contributed by atoms with van der Waals surface area (Å²) >= 11 is 0. The molecule has 9 rings (SSSR count). The molecule has 0 atom stereocenters. The van der Waals surface area contributed by atoms with Gasteiger partial charge in [0.2, 0.25) is 0 Å². The van der Waals surface area contributed by atoms with Crippen LogP contribution < -0.4 is 0 Å². The molecule has 0 spiro atoms. The maximum absolute atomic E-state index is 2.42. The lowest BCUT2D eigenvalue weighted by Crippen LogP contribution is -1.97. The van der Waals surface area contributed by atoms with Crippen molar-refractivity contribution in [3.8, 4) is 44.5 Å². The highest BCUT2D eigenvalue weighted by Crippen LogP contribution is 2.44. The Labute approximate surface area is 325 Å². The van der Waals surface area contributed by atoms with Crippen molar-refractivity contribution in [3.05, 3.63) is 180 Å². The van der Waals surface area contributed by atoms with Crippen molar-refractivity contribution < 1.29 is 0 Å². The Balaban J connectivity index is 1.12. The van der Waals surface area contributed by atoms with Crippen LogP contribution in [0, 0.1) is 13.8 Å². The number of allylic oxidation sites excluding steroid dienone is 5. The molecule has 1 heterocycles. The molecule has 0 amide bonds. The third-order valence-electron chi connectivity index (χ3n) is 11.6. The third-order valence-corrected chi connectivity index (χ3v) is 11.6. The highest BCUT2D eigenvalue weighted by molar-refractivity contribution is 6.11. The van der Waals surface area contributed by atoms with Crippen LogP contribution >= 0.6 is 0 Å². The number of para-hydroxylation sites is 1. The second kappa shape index (κ2) is 14.6. The summed E-state index contributed by atoms with van der Waals surface area (Å²) < 4.78 is 2.42. The Morgan fingerprint density at radius 3 is 1.82 bits per heavy atom. The highest BCUT2D eigenvalue weighted by Gasteiger charge is 2.19. The number of aryl methyl sites for hydroxylation is 2. The molecule has 1 nitrogen and oxygen atoms in total. The first-order valence-corrected chi connectivity index (χ1v) is 20.0. The largest absolute Gasteiger partial charge is 0.341 e. The number of benzene rings is 7. The third kappa shape index (κ3) is 6.24. The van der Waals surface area contributed by atoms with E-state index in [1.807, 2.05) is 0 Å². The fourth-order valence-corrected chi connectivity index (χ4v) is 8.79. The van der Waals surface area contributed by atoms with Gasteiger partial charge in [0.05, 0.1) is 0 Å². The Hall–Kier alpha value is -6.18. The van der Waals surface area contributed by atoms with Crippen LogP contribution in [0.25, 0.3) is 88.7 Å². The Morgan fingerprint density at radius 2 is 1.15 bits per heavy atom. The van der Waals surface area contributed by atoms with Crippen molar-refractivity contribution >= 4 is 44.2 Å². The summed E-state index contributed by atoms with van der Waals surface area (Å²) in [6, 6.07) is 50.2. The average Bonchev–Trinajstić information content (AvgIpc) is 3.56. The Bertz CT molecular complexity index is 2800. The summed E-state index contributed by atoms with van der Waals surface area (Å²) in [5.41, 5.74) is 19.1. The van der Waals surface area contributed by atoms with E-state index in [4.69, 9.17) is 0 Å². The molecule has 8 aromatic rings. The van der Waals surface area contributed by atoms with Crippen LogP contribution in [0.5, 0.6) is 0 Å². The van der Waals surface area contributed by atoms with Crippen LogP contribution in [0.3, 0.4) is 0 Å². The normalized spacial score (nSPS) is 13.1. The number of rotatable bonds is 8. The van der Waals surface area contributed by atoms with E-state index in [-0.39, 0.29) is 0 Å². The van der Waals surface area contributed by atoms with Crippen LogP contribution in [-0.2, 0) is 6.54 Å². The van der Waals surface area contributed by atoms with E-state index in [0.717, 1.165) is 25.8 Å². The van der Waals surface area contributed by atoms with Crippen molar-refractivity contribution in [1.82, 2.24) is 4.57 Å². The molecule has 1 heteroatoms. The zero-order valence-corrected chi connectivity index (χ0v) is 32.4. The van der Waals surface area contributed by atoms with E-state index in [0.29, 0.717) is 0 Å². The summed E-state index contributed by atoms with van der Waals surface area (Å²) in [7, 11) is 0. The van der Waals surface area contributed by atoms with Gasteiger partial charge in [-0.3, -0.25) is 0 Å². The summed E-state index contributed by atoms with van der Waals surface area (Å²) in [4.78, 5) is 0. The van der Waals surface area contributed by atoms with Gasteiger partial charge in [0.1, 0.15) is 0 Å². The lowest BCUT2D eigenvalue weighted by Gasteiger charge is -2.21. The SMILES string of the molecule is CC/C=C\c1c(C)c(-c2ccc(-c3ccc4c(c3)c3ccccc3n4CC)cc2)c2ccc(C)cc2c1-c1ccc(-c2ccc(C3=CCCC=C3)cc2)cc1. The zero-order chi connectivity index (χ0) is 37.5. The van der Waals surface area contributed by atoms with Gasteiger partial charge in [-0.25, -0.2) is 0 Å². The quantitative estimate of drug-likeness (QED) is 0.148. The number of hydrogen-bond acceptors (Lipinski definition) is 0. The monoisotopic (exact) mass is 709 g/mol. The molecule has 1 aromatic heterocycles. The lowest BCUT2D eigenvalue weighted by atomic mass is 9.83. The Morgan fingerprint density at radius 1 is 0.527 bits per heavy atom. The van der Waals surface area contributed by atoms with Crippen molar-refractivity contribution in [2.24, 2.45) is 0 Å². The van der Waals surface area contributed by atoms with Crippen LogP contribution in [0.1, 0.15) is 55.4 Å². The molecule has 0 bridgehead atoms. The van der Waals surface area contributed by atoms with E-state index in [9.17, 15) is 0 Å². The van der Waals surface area contributed by atoms with E-state index in [1.54, 1.807) is 0 Å². The van der Waals surface area contributed by atoms with Gasteiger partial charge >= 0.3 is 0 Å². The standard InChI is InChI=1S/C54H47N/c1-5-7-15-46-37(4)53(43-27-25-42(26-28-43)45-31-33-52-49(35-45)47-16-11-12-17-51(47)55(52)6-2)48-32-18-36(3)34-50(48)54(46)44-29-23-41(24-30-44)40-21-19-39(20-22-40)38-13-9-8-10-14-38/h7,9,11-35H,5-6,8,10H2,1-4H3/b15-7-. The molecule has 0 N–H and O–H groups in total. The van der Waals surface area contributed by atoms with E-state index < -0.39 is 0 Å². The molecule has 0 fully saturated rings. The smallest absolute Gasteiger partial charge is 0.0491 e. The van der Waals surface area contributed by atoms with Crippen molar-refractivity contribution in [1.29, 1.82) is 0 Å². The van der Waals surface area contributed by atoms with E-state index in [2.05, 4.69) is 196 Å². The minimum Gasteiger partial charge on any atom is -0.341 e. The highest BCUT2D eigenvalue weighted by atomic mass is 15.0. The topological polar surface area (TPSA) is 4.93 Å². The van der Waals surface area contributed by atoms with E-state index >= 15 is 0 Å². The van der Waals surface area contributed by atoms with Crippen molar-refractivity contribution in [3.63, 3.8) is 0 Å². The summed E-state index contributed by atoms with van der Waals surface area (Å²) in [5, 5.41) is 5.22. The predicted molar refractivity (Wildman–Crippen MR) is 240 cm³/mol. The fourth-order valence-electron chi connectivity index (χ4n) is 8.79. The minimum atomic E-state index is 0.954. The van der Waals surface area contributed by atoms with Crippen LogP contribution in [0.15, 0.2) is 158 Å². The van der Waals surface area contributed by atoms with Gasteiger partial charge in [-0.2, -0.15) is 0 Å². The molecule has 7 aromatic carbocycles. The molecule has 1 aliphatic carbocycles. The summed E-state index contributed by atoms with van der Waals surface area (Å²) in [5.74, 6) is 0. The molecule has 0 unspecified atom stereocenters. The second-order valence-corrected chi connectivity index (χ2v) is 15.0. The van der Waals surface area contributed by atoms with Crippen LogP contribution in [-0.4, -0.2) is 4.57 Å². The summed E-state index contributed by atoms with van der Waals surface area (Å²) in [6.07, 6.45) is 14.8.